The van der Waals surface area contributed by atoms with E-state index < -0.39 is 5.79 Å². The molecule has 0 spiro atoms. The topological polar surface area (TPSA) is 32.7 Å². The smallest absolute Gasteiger partial charge is 0.166 e. The van der Waals surface area contributed by atoms with Crippen molar-refractivity contribution in [2.75, 3.05) is 20.1 Å². The molecule has 3 nitrogen and oxygen atoms in total. The monoisotopic (exact) mass is 684 g/mol. The lowest BCUT2D eigenvalue weighted by Gasteiger charge is -2.33. The van der Waals surface area contributed by atoms with E-state index in [1.807, 2.05) is 0 Å². The largest absolute Gasteiger partial charge is 0.365 e. The van der Waals surface area contributed by atoms with E-state index in [0.717, 1.165) is 51.1 Å². The molecule has 2 rings (SSSR count). The average Bonchev–Trinajstić information content (AvgIpc) is 3.65. The number of hydrogen-bond donors (Lipinski definition) is 1. The van der Waals surface area contributed by atoms with Crippen molar-refractivity contribution in [3.63, 3.8) is 0 Å². The summed E-state index contributed by atoms with van der Waals surface area (Å²) in [4.78, 5) is 2.34. The van der Waals surface area contributed by atoms with Crippen LogP contribution >= 0.6 is 0 Å². The highest BCUT2D eigenvalue weighted by Gasteiger charge is 2.48. The number of likely N-dealkylation sites (tertiary alicyclic amines) is 1. The van der Waals surface area contributed by atoms with Gasteiger partial charge in [-0.3, -0.25) is 0 Å². The van der Waals surface area contributed by atoms with Crippen LogP contribution in [0.15, 0.2) is 36.5 Å². The second-order valence-corrected chi connectivity index (χ2v) is 16.7. The summed E-state index contributed by atoms with van der Waals surface area (Å²) in [5.41, 5.74) is 0.286. The number of hydrogen-bond acceptors (Lipinski definition) is 3. The summed E-state index contributed by atoms with van der Waals surface area (Å²) in [6.45, 7) is 9.05. The van der Waals surface area contributed by atoms with Crippen molar-refractivity contribution in [2.24, 2.45) is 11.3 Å². The number of ether oxygens (including phenoxy) is 1. The maximum Gasteiger partial charge on any atom is 0.166 e. The predicted octanol–water partition coefficient (Wildman–Crippen LogP) is 14.1. The van der Waals surface area contributed by atoms with Gasteiger partial charge in [0.05, 0.1) is 6.10 Å². The second kappa shape index (κ2) is 28.7. The standard InChI is InChI=1S/C46H85NO2/c1-5-7-9-11-13-14-15-16-17-18-19-20-21-23-27-31-36-45(38-39-46(48,42-45)49-44-35-40-47(4)41-44)37-32-28-24-22-26-30-34-43(3)33-29-25-12-10-8-6-2/h13-14,16-17,25,29,43-44,48H,5-12,15,18-24,26-28,30-42H2,1-4H3/b14-13-,17-16-,29-25-. The zero-order valence-corrected chi connectivity index (χ0v) is 33.5. The van der Waals surface area contributed by atoms with Crippen LogP contribution in [0.2, 0.25) is 0 Å². The molecule has 1 saturated carbocycles. The van der Waals surface area contributed by atoms with Gasteiger partial charge in [0, 0.05) is 25.9 Å². The van der Waals surface area contributed by atoms with Crippen LogP contribution in [0.5, 0.6) is 0 Å². The Balaban J connectivity index is 1.62. The molecule has 0 aromatic heterocycles. The maximum absolute atomic E-state index is 11.6. The van der Waals surface area contributed by atoms with Crippen LogP contribution < -0.4 is 0 Å². The number of nitrogens with zero attached hydrogens (tertiary/aromatic N) is 1. The molecule has 1 aliphatic heterocycles. The molecule has 1 heterocycles. The number of likely N-dealkylation sites (N-methyl/N-ethyl adjacent to an activating group) is 1. The lowest BCUT2D eigenvalue weighted by atomic mass is 9.76. The van der Waals surface area contributed by atoms with Crippen LogP contribution in [-0.2, 0) is 4.74 Å². The summed E-state index contributed by atoms with van der Waals surface area (Å²) >= 11 is 0. The molecule has 4 unspecified atom stereocenters. The van der Waals surface area contributed by atoms with Crippen LogP contribution in [0.25, 0.3) is 0 Å². The number of rotatable bonds is 32. The summed E-state index contributed by atoms with van der Waals surface area (Å²) in [6.07, 6.45) is 52.8. The van der Waals surface area contributed by atoms with E-state index in [-0.39, 0.29) is 11.5 Å². The SMILES string of the molecule is CCCCC/C=C\C/C=C\CCCCCCCCC1(CCCCCCCCC(C)C/C=C\CCCCC)CCC(O)(OC2CCN(C)C2)C1. The Bertz CT molecular complexity index is 850. The fourth-order valence-corrected chi connectivity index (χ4v) is 8.44. The summed E-state index contributed by atoms with van der Waals surface area (Å²) in [5.74, 6) is -0.0647. The zero-order chi connectivity index (χ0) is 35.3. The van der Waals surface area contributed by atoms with Crippen LogP contribution in [-0.4, -0.2) is 42.0 Å². The number of aliphatic hydroxyl groups is 1. The molecule has 0 aromatic rings. The molecule has 1 N–H and O–H groups in total. The molecule has 2 aliphatic rings. The molecule has 1 saturated heterocycles. The van der Waals surface area contributed by atoms with Crippen LogP contribution in [0.1, 0.15) is 213 Å². The van der Waals surface area contributed by atoms with E-state index in [9.17, 15) is 5.11 Å². The predicted molar refractivity (Wildman–Crippen MR) is 216 cm³/mol. The third-order valence-electron chi connectivity index (χ3n) is 11.7. The van der Waals surface area contributed by atoms with Crippen molar-refractivity contribution in [3.8, 4) is 0 Å². The lowest BCUT2D eigenvalue weighted by molar-refractivity contribution is -0.226. The van der Waals surface area contributed by atoms with Gasteiger partial charge in [0.25, 0.3) is 0 Å². The molecule has 286 valence electrons. The molecular formula is C46H85NO2. The Labute approximate surface area is 307 Å². The van der Waals surface area contributed by atoms with Crippen LogP contribution in [0.3, 0.4) is 0 Å². The molecule has 49 heavy (non-hydrogen) atoms. The van der Waals surface area contributed by atoms with Crippen molar-refractivity contribution in [3.05, 3.63) is 36.5 Å². The van der Waals surface area contributed by atoms with Gasteiger partial charge in [0.15, 0.2) is 5.79 Å². The van der Waals surface area contributed by atoms with Gasteiger partial charge < -0.3 is 14.7 Å². The first-order valence-electron chi connectivity index (χ1n) is 21.9. The quantitative estimate of drug-likeness (QED) is 0.0435. The molecule has 0 radical (unpaired) electrons. The molecular weight excluding hydrogens is 599 g/mol. The minimum Gasteiger partial charge on any atom is -0.365 e. The van der Waals surface area contributed by atoms with Gasteiger partial charge in [0.1, 0.15) is 0 Å². The Morgan fingerprint density at radius 2 is 1.20 bits per heavy atom. The van der Waals surface area contributed by atoms with Crippen molar-refractivity contribution >= 4 is 0 Å². The highest BCUT2D eigenvalue weighted by molar-refractivity contribution is 4.95. The van der Waals surface area contributed by atoms with E-state index in [1.165, 1.54) is 161 Å². The second-order valence-electron chi connectivity index (χ2n) is 16.7. The molecule has 0 bridgehead atoms. The van der Waals surface area contributed by atoms with Gasteiger partial charge in [-0.1, -0.05) is 160 Å². The first-order chi connectivity index (χ1) is 23.9. The average molecular weight is 684 g/mol. The summed E-state index contributed by atoms with van der Waals surface area (Å²) < 4.78 is 6.46. The van der Waals surface area contributed by atoms with Gasteiger partial charge in [-0.25, -0.2) is 0 Å². The fraction of sp³-hybridized carbons (Fsp3) is 0.870. The first-order valence-corrected chi connectivity index (χ1v) is 21.9. The molecule has 1 aliphatic carbocycles. The van der Waals surface area contributed by atoms with Crippen LogP contribution in [0.4, 0.5) is 0 Å². The maximum atomic E-state index is 11.6. The molecule has 0 aromatic carbocycles. The Kier molecular flexibility index (Phi) is 25.9. The lowest BCUT2D eigenvalue weighted by Crippen LogP contribution is -2.36. The third kappa shape index (κ3) is 22.6. The minimum atomic E-state index is -0.893. The highest BCUT2D eigenvalue weighted by atomic mass is 16.6. The van der Waals surface area contributed by atoms with Crippen molar-refractivity contribution < 1.29 is 9.84 Å². The molecule has 2 fully saturated rings. The van der Waals surface area contributed by atoms with Gasteiger partial charge in [-0.2, -0.15) is 0 Å². The summed E-state index contributed by atoms with van der Waals surface area (Å²) in [5, 5.41) is 11.6. The first kappa shape index (κ1) is 44.3. The Hall–Kier alpha value is -0.900. The van der Waals surface area contributed by atoms with E-state index >= 15 is 0 Å². The number of allylic oxidation sites excluding steroid dienone is 6. The normalized spacial score (nSPS) is 24.1. The van der Waals surface area contributed by atoms with Crippen LogP contribution in [0, 0.1) is 11.3 Å². The van der Waals surface area contributed by atoms with E-state index in [0.29, 0.717) is 0 Å². The van der Waals surface area contributed by atoms with Gasteiger partial charge >= 0.3 is 0 Å². The highest BCUT2D eigenvalue weighted by Crippen LogP contribution is 2.52. The van der Waals surface area contributed by atoms with Crippen molar-refractivity contribution in [1.82, 2.24) is 4.90 Å². The Morgan fingerprint density at radius 3 is 1.78 bits per heavy atom. The summed E-state index contributed by atoms with van der Waals surface area (Å²) in [7, 11) is 2.17. The molecule has 0 amide bonds. The third-order valence-corrected chi connectivity index (χ3v) is 11.7. The van der Waals surface area contributed by atoms with Crippen molar-refractivity contribution in [1.29, 1.82) is 0 Å². The van der Waals surface area contributed by atoms with Gasteiger partial charge in [-0.15, -0.1) is 0 Å². The molecule has 4 atom stereocenters. The fourth-order valence-electron chi connectivity index (χ4n) is 8.44. The van der Waals surface area contributed by atoms with E-state index in [2.05, 4.69) is 69.2 Å². The summed E-state index contributed by atoms with van der Waals surface area (Å²) in [6, 6.07) is 0. The van der Waals surface area contributed by atoms with Gasteiger partial charge in [-0.05, 0) is 95.4 Å². The minimum absolute atomic E-state index is 0.206. The molecule has 3 heteroatoms. The van der Waals surface area contributed by atoms with E-state index in [4.69, 9.17) is 4.74 Å². The van der Waals surface area contributed by atoms with E-state index in [1.54, 1.807) is 0 Å². The Morgan fingerprint density at radius 1 is 0.673 bits per heavy atom. The zero-order valence-electron chi connectivity index (χ0n) is 33.5. The van der Waals surface area contributed by atoms with Crippen molar-refractivity contribution in [2.45, 2.75) is 225 Å². The van der Waals surface area contributed by atoms with Gasteiger partial charge in [0.2, 0.25) is 0 Å². The number of unbranched alkanes of at least 4 members (excludes halogenated alkanes) is 17.